The molecule has 10 heteroatoms. The molecule has 3 aromatic rings. The van der Waals surface area contributed by atoms with Gasteiger partial charge in [0.25, 0.3) is 0 Å². The number of primary amides is 1. The van der Waals surface area contributed by atoms with Crippen molar-refractivity contribution in [2.24, 2.45) is 5.73 Å². The number of allylic oxidation sites excluding steroid dienone is 1. The number of benzene rings is 2. The number of aromatic hydroxyl groups is 1. The molecule has 0 bridgehead atoms. The molecule has 1 aliphatic heterocycles. The lowest BCUT2D eigenvalue weighted by molar-refractivity contribution is -0.115. The molecule has 0 aliphatic carbocycles. The van der Waals surface area contributed by atoms with Crippen LogP contribution in [0, 0.1) is 0 Å². The first kappa shape index (κ1) is 21.0. The number of anilines is 1. The maximum absolute atomic E-state index is 12.3. The van der Waals surface area contributed by atoms with Crippen molar-refractivity contribution in [1.29, 1.82) is 0 Å². The van der Waals surface area contributed by atoms with Gasteiger partial charge in [0.05, 0.1) is 26.9 Å². The molecular weight excluding hydrogens is 414 g/mol. The van der Waals surface area contributed by atoms with E-state index in [4.69, 9.17) is 19.9 Å². The Labute approximate surface area is 184 Å². The summed E-state index contributed by atoms with van der Waals surface area (Å²) in [6, 6.07) is 9.39. The average Bonchev–Trinajstić information content (AvgIpc) is 3.21. The molecule has 0 radical (unpaired) electrons. The van der Waals surface area contributed by atoms with Crippen LogP contribution in [-0.2, 0) is 4.79 Å². The number of hydrogen-bond donors (Lipinski definition) is 3. The summed E-state index contributed by atoms with van der Waals surface area (Å²) < 4.78 is 17.8. The lowest BCUT2D eigenvalue weighted by atomic mass is 9.95. The summed E-state index contributed by atoms with van der Waals surface area (Å²) in [6.45, 7) is 1.75. The number of nitrogens with two attached hydrogens (primary N) is 1. The third-order valence-electron chi connectivity index (χ3n) is 5.25. The second-order valence-electron chi connectivity index (χ2n) is 7.14. The summed E-state index contributed by atoms with van der Waals surface area (Å²) in [4.78, 5) is 16.9. The molecule has 1 atom stereocenters. The summed E-state index contributed by atoms with van der Waals surface area (Å²) >= 11 is 0. The fourth-order valence-corrected chi connectivity index (χ4v) is 3.77. The van der Waals surface area contributed by atoms with Crippen molar-refractivity contribution in [3.8, 4) is 34.4 Å². The third kappa shape index (κ3) is 3.45. The quantitative estimate of drug-likeness (QED) is 0.535. The van der Waals surface area contributed by atoms with E-state index >= 15 is 0 Å². The standard InChI is InChI=1S/C22H23N5O5/c1-11-17(20(23)29)18(12-5-7-14(28)8-6-12)27-22(24-11)25-21(26-27)13-9-15(30-2)19(32-4)16(10-13)31-3/h5-10,18,28H,1-4H3,(H2,23,29)(H,24,25,26)/t18-/m1/s1. The Hall–Kier alpha value is -4.21. The summed E-state index contributed by atoms with van der Waals surface area (Å²) in [5.41, 5.74) is 7.98. The highest BCUT2D eigenvalue weighted by Crippen LogP contribution is 2.42. The van der Waals surface area contributed by atoms with Gasteiger partial charge in [-0.05, 0) is 36.8 Å². The minimum absolute atomic E-state index is 0.112. The molecule has 0 fully saturated rings. The lowest BCUT2D eigenvalue weighted by Crippen LogP contribution is -2.31. The third-order valence-corrected chi connectivity index (χ3v) is 5.25. The number of ether oxygens (including phenoxy) is 3. The zero-order valence-corrected chi connectivity index (χ0v) is 18.0. The summed E-state index contributed by atoms with van der Waals surface area (Å²) in [5.74, 6) is 1.74. The topological polar surface area (TPSA) is 134 Å². The Morgan fingerprint density at radius 3 is 2.25 bits per heavy atom. The van der Waals surface area contributed by atoms with Crippen LogP contribution in [0.4, 0.5) is 5.95 Å². The molecule has 2 heterocycles. The number of rotatable bonds is 6. The first-order chi connectivity index (χ1) is 15.4. The highest BCUT2D eigenvalue weighted by Gasteiger charge is 2.33. The van der Waals surface area contributed by atoms with Gasteiger partial charge in [-0.1, -0.05) is 12.1 Å². The Morgan fingerprint density at radius 2 is 1.72 bits per heavy atom. The van der Waals surface area contributed by atoms with Crippen LogP contribution < -0.4 is 25.3 Å². The molecule has 2 aromatic carbocycles. The van der Waals surface area contributed by atoms with Gasteiger partial charge in [0.2, 0.25) is 17.6 Å². The van der Waals surface area contributed by atoms with Crippen molar-refractivity contribution in [3.05, 3.63) is 53.2 Å². The zero-order chi connectivity index (χ0) is 23.0. The number of carbonyl (C=O) groups is 1. The summed E-state index contributed by atoms with van der Waals surface area (Å²) in [7, 11) is 4.59. The van der Waals surface area contributed by atoms with Crippen LogP contribution in [-0.4, -0.2) is 47.1 Å². The molecule has 1 aromatic heterocycles. The molecule has 0 saturated heterocycles. The first-order valence-corrected chi connectivity index (χ1v) is 9.71. The Kier molecular flexibility index (Phi) is 5.35. The smallest absolute Gasteiger partial charge is 0.248 e. The highest BCUT2D eigenvalue weighted by atomic mass is 16.5. The van der Waals surface area contributed by atoms with E-state index in [1.54, 1.807) is 48.0 Å². The number of phenolic OH excluding ortho intramolecular Hbond substituents is 1. The van der Waals surface area contributed by atoms with Crippen molar-refractivity contribution in [2.45, 2.75) is 13.0 Å². The van der Waals surface area contributed by atoms with Crippen molar-refractivity contribution in [1.82, 2.24) is 14.8 Å². The second-order valence-corrected chi connectivity index (χ2v) is 7.14. The van der Waals surface area contributed by atoms with E-state index < -0.39 is 11.9 Å². The van der Waals surface area contributed by atoms with Gasteiger partial charge in [0.1, 0.15) is 11.8 Å². The van der Waals surface area contributed by atoms with Crippen LogP contribution in [0.3, 0.4) is 0 Å². The van der Waals surface area contributed by atoms with Gasteiger partial charge >= 0.3 is 0 Å². The van der Waals surface area contributed by atoms with Crippen molar-refractivity contribution in [3.63, 3.8) is 0 Å². The number of phenols is 1. The fourth-order valence-electron chi connectivity index (χ4n) is 3.77. The maximum atomic E-state index is 12.3. The molecule has 0 saturated carbocycles. The molecule has 0 unspecified atom stereocenters. The van der Waals surface area contributed by atoms with Gasteiger partial charge in [0.15, 0.2) is 17.3 Å². The molecule has 1 amide bonds. The number of nitrogens with zero attached hydrogens (tertiary/aromatic N) is 3. The van der Waals surface area contributed by atoms with E-state index in [0.29, 0.717) is 45.9 Å². The molecule has 4 N–H and O–H groups in total. The number of carbonyl (C=O) groups excluding carboxylic acids is 1. The number of aromatic nitrogens is 3. The second kappa shape index (κ2) is 8.14. The van der Waals surface area contributed by atoms with Crippen LogP contribution in [0.1, 0.15) is 18.5 Å². The zero-order valence-electron chi connectivity index (χ0n) is 18.0. The van der Waals surface area contributed by atoms with Gasteiger partial charge < -0.3 is 30.4 Å². The van der Waals surface area contributed by atoms with E-state index in [0.717, 1.165) is 5.56 Å². The first-order valence-electron chi connectivity index (χ1n) is 9.71. The van der Waals surface area contributed by atoms with Crippen LogP contribution >= 0.6 is 0 Å². The van der Waals surface area contributed by atoms with Crippen LogP contribution in [0.25, 0.3) is 11.4 Å². The molecular formula is C22H23N5O5. The molecule has 10 nitrogen and oxygen atoms in total. The normalized spacial score (nSPS) is 15.1. The predicted molar refractivity (Wildman–Crippen MR) is 117 cm³/mol. The number of nitrogens with one attached hydrogen (secondary N) is 1. The molecule has 4 rings (SSSR count). The van der Waals surface area contributed by atoms with Crippen LogP contribution in [0.5, 0.6) is 23.0 Å². The van der Waals surface area contributed by atoms with E-state index in [-0.39, 0.29) is 5.75 Å². The van der Waals surface area contributed by atoms with Crippen molar-refractivity contribution >= 4 is 11.9 Å². The van der Waals surface area contributed by atoms with E-state index in [1.165, 1.54) is 21.3 Å². The van der Waals surface area contributed by atoms with Crippen LogP contribution in [0.15, 0.2) is 47.7 Å². The number of fused-ring (bicyclic) bond motifs is 1. The van der Waals surface area contributed by atoms with Crippen molar-refractivity contribution < 1.29 is 24.1 Å². The Morgan fingerprint density at radius 1 is 1.09 bits per heavy atom. The molecule has 1 aliphatic rings. The minimum Gasteiger partial charge on any atom is -0.508 e. The predicted octanol–water partition coefficient (Wildman–Crippen LogP) is 2.45. The molecule has 32 heavy (non-hydrogen) atoms. The molecule has 166 valence electrons. The number of hydrogen-bond acceptors (Lipinski definition) is 8. The van der Waals surface area contributed by atoms with Gasteiger partial charge in [0, 0.05) is 11.3 Å². The minimum atomic E-state index is -0.618. The van der Waals surface area contributed by atoms with E-state index in [9.17, 15) is 9.90 Å². The average molecular weight is 437 g/mol. The lowest BCUT2D eigenvalue weighted by Gasteiger charge is -2.27. The fraction of sp³-hybridized carbons (Fsp3) is 0.227. The van der Waals surface area contributed by atoms with Gasteiger partial charge in [-0.15, -0.1) is 5.10 Å². The Balaban J connectivity index is 1.88. The number of methoxy groups -OCH3 is 3. The van der Waals surface area contributed by atoms with E-state index in [1.807, 2.05) is 0 Å². The molecule has 0 spiro atoms. The van der Waals surface area contributed by atoms with Gasteiger partial charge in [-0.3, -0.25) is 4.79 Å². The Bertz CT molecular complexity index is 1190. The van der Waals surface area contributed by atoms with Crippen LogP contribution in [0.2, 0.25) is 0 Å². The van der Waals surface area contributed by atoms with Gasteiger partial charge in [-0.25, -0.2) is 4.68 Å². The summed E-state index contributed by atoms with van der Waals surface area (Å²) in [6.07, 6.45) is 0. The SMILES string of the molecule is COc1cc(-c2nc3n(n2)[C@H](c2ccc(O)cc2)C(C(N)=O)=C(C)N3)cc(OC)c1OC. The largest absolute Gasteiger partial charge is 0.508 e. The monoisotopic (exact) mass is 437 g/mol. The summed E-state index contributed by atoms with van der Waals surface area (Å²) in [5, 5.41) is 17.5. The van der Waals surface area contributed by atoms with Crippen molar-refractivity contribution in [2.75, 3.05) is 26.6 Å². The highest BCUT2D eigenvalue weighted by molar-refractivity contribution is 5.95. The maximum Gasteiger partial charge on any atom is 0.248 e. The van der Waals surface area contributed by atoms with Gasteiger partial charge in [-0.2, -0.15) is 4.98 Å². The number of amides is 1. The van der Waals surface area contributed by atoms with E-state index in [2.05, 4.69) is 15.4 Å².